The smallest absolute Gasteiger partial charge is 0.122 e. The molecule has 0 saturated heterocycles. The van der Waals surface area contributed by atoms with Crippen molar-refractivity contribution in [1.82, 2.24) is 5.32 Å². The molecule has 2 N–H and O–H groups in total. The topological polar surface area (TPSA) is 41.5 Å². The van der Waals surface area contributed by atoms with Gasteiger partial charge in [-0.15, -0.1) is 0 Å². The molecule has 90 valence electrons. The summed E-state index contributed by atoms with van der Waals surface area (Å²) in [6.45, 7) is 5.59. The molecule has 0 fully saturated rings. The van der Waals surface area contributed by atoms with Gasteiger partial charge in [-0.05, 0) is 37.6 Å². The molecule has 0 radical (unpaired) electrons. The standard InChI is InChI=1S/C12H18ClNO2/c1-9-7-11(13)3-4-12(9)16-6-5-14-8-10(2)15/h3-4,7,10,14-15H,5-6,8H2,1-2H3. The number of hydrogen-bond donors (Lipinski definition) is 2. The van der Waals surface area contributed by atoms with Crippen LogP contribution in [0.3, 0.4) is 0 Å². The van der Waals surface area contributed by atoms with Gasteiger partial charge in [-0.25, -0.2) is 0 Å². The van der Waals surface area contributed by atoms with Crippen molar-refractivity contribution in [2.45, 2.75) is 20.0 Å². The minimum Gasteiger partial charge on any atom is -0.492 e. The summed E-state index contributed by atoms with van der Waals surface area (Å²) in [5.74, 6) is 0.850. The van der Waals surface area contributed by atoms with E-state index in [-0.39, 0.29) is 6.10 Å². The van der Waals surface area contributed by atoms with Crippen molar-refractivity contribution in [3.63, 3.8) is 0 Å². The minimum absolute atomic E-state index is 0.322. The fraction of sp³-hybridized carbons (Fsp3) is 0.500. The molecule has 1 atom stereocenters. The summed E-state index contributed by atoms with van der Waals surface area (Å²) in [5.41, 5.74) is 1.03. The largest absolute Gasteiger partial charge is 0.492 e. The molecule has 1 unspecified atom stereocenters. The van der Waals surface area contributed by atoms with E-state index < -0.39 is 0 Å². The maximum Gasteiger partial charge on any atom is 0.122 e. The Morgan fingerprint density at radius 2 is 2.25 bits per heavy atom. The third-order valence-corrected chi connectivity index (χ3v) is 2.35. The molecule has 0 saturated carbocycles. The fourth-order valence-corrected chi connectivity index (χ4v) is 1.55. The lowest BCUT2D eigenvalue weighted by atomic mass is 10.2. The monoisotopic (exact) mass is 243 g/mol. The van der Waals surface area contributed by atoms with Gasteiger partial charge >= 0.3 is 0 Å². The molecule has 0 spiro atoms. The van der Waals surface area contributed by atoms with E-state index >= 15 is 0 Å². The van der Waals surface area contributed by atoms with Gasteiger partial charge in [-0.3, -0.25) is 0 Å². The first-order chi connectivity index (χ1) is 7.59. The van der Waals surface area contributed by atoms with Crippen LogP contribution >= 0.6 is 11.6 Å². The van der Waals surface area contributed by atoms with Gasteiger partial charge in [0.05, 0.1) is 6.10 Å². The zero-order chi connectivity index (χ0) is 12.0. The SMILES string of the molecule is Cc1cc(Cl)ccc1OCCNCC(C)O. The lowest BCUT2D eigenvalue weighted by Crippen LogP contribution is -2.28. The van der Waals surface area contributed by atoms with Crippen molar-refractivity contribution in [3.05, 3.63) is 28.8 Å². The van der Waals surface area contributed by atoms with E-state index in [1.807, 2.05) is 25.1 Å². The molecule has 0 aliphatic carbocycles. The maximum absolute atomic E-state index is 9.03. The van der Waals surface area contributed by atoms with E-state index in [2.05, 4.69) is 5.32 Å². The molecule has 4 heteroatoms. The number of aliphatic hydroxyl groups is 1. The summed E-state index contributed by atoms with van der Waals surface area (Å²) in [6, 6.07) is 5.56. The molecule has 0 aromatic heterocycles. The second-order valence-corrected chi connectivity index (χ2v) is 4.25. The van der Waals surface area contributed by atoms with Gasteiger partial charge in [0.15, 0.2) is 0 Å². The predicted molar refractivity (Wildman–Crippen MR) is 66.2 cm³/mol. The average molecular weight is 244 g/mol. The first-order valence-electron chi connectivity index (χ1n) is 5.37. The Labute approximate surface area is 101 Å². The molecule has 0 aliphatic rings. The first kappa shape index (κ1) is 13.3. The highest BCUT2D eigenvalue weighted by atomic mass is 35.5. The molecule has 16 heavy (non-hydrogen) atoms. The molecule has 3 nitrogen and oxygen atoms in total. The van der Waals surface area contributed by atoms with Crippen LogP contribution in [0.25, 0.3) is 0 Å². The van der Waals surface area contributed by atoms with Gasteiger partial charge in [0.1, 0.15) is 12.4 Å². The molecule has 0 heterocycles. The highest BCUT2D eigenvalue weighted by Gasteiger charge is 2.00. The Morgan fingerprint density at radius 3 is 2.88 bits per heavy atom. The van der Waals surface area contributed by atoms with Crippen molar-refractivity contribution >= 4 is 11.6 Å². The van der Waals surface area contributed by atoms with Crippen molar-refractivity contribution in [2.75, 3.05) is 19.7 Å². The maximum atomic E-state index is 9.03. The zero-order valence-electron chi connectivity index (χ0n) is 9.66. The summed E-state index contributed by atoms with van der Waals surface area (Å²) in [5, 5.41) is 12.8. The van der Waals surface area contributed by atoms with E-state index in [0.717, 1.165) is 16.3 Å². The van der Waals surface area contributed by atoms with Gasteiger partial charge in [-0.1, -0.05) is 11.6 Å². The molecule has 0 aliphatic heterocycles. The number of aliphatic hydroxyl groups excluding tert-OH is 1. The van der Waals surface area contributed by atoms with E-state index in [9.17, 15) is 0 Å². The molecule has 1 rings (SSSR count). The number of hydrogen-bond acceptors (Lipinski definition) is 3. The molecule has 0 amide bonds. The number of rotatable bonds is 6. The first-order valence-corrected chi connectivity index (χ1v) is 5.75. The van der Waals surface area contributed by atoms with Gasteiger partial charge in [-0.2, -0.15) is 0 Å². The predicted octanol–water partition coefficient (Wildman–Crippen LogP) is 2.00. The third-order valence-electron chi connectivity index (χ3n) is 2.11. The Morgan fingerprint density at radius 1 is 1.50 bits per heavy atom. The molecular formula is C12H18ClNO2. The number of nitrogens with one attached hydrogen (secondary N) is 1. The van der Waals surface area contributed by atoms with Crippen LogP contribution in [-0.2, 0) is 0 Å². The fourth-order valence-electron chi connectivity index (χ4n) is 1.32. The summed E-state index contributed by atoms with van der Waals surface area (Å²) in [6.07, 6.45) is -0.322. The number of aryl methyl sites for hydroxylation is 1. The lowest BCUT2D eigenvalue weighted by Gasteiger charge is -2.10. The van der Waals surface area contributed by atoms with Crippen LogP contribution in [0.2, 0.25) is 5.02 Å². The molecule has 1 aromatic carbocycles. The van der Waals surface area contributed by atoms with Crippen LogP contribution in [0.1, 0.15) is 12.5 Å². The van der Waals surface area contributed by atoms with Crippen LogP contribution in [0.15, 0.2) is 18.2 Å². The number of benzene rings is 1. The van der Waals surface area contributed by atoms with Crippen molar-refractivity contribution in [2.24, 2.45) is 0 Å². The van der Waals surface area contributed by atoms with Crippen LogP contribution in [0, 0.1) is 6.92 Å². The van der Waals surface area contributed by atoms with Crippen molar-refractivity contribution in [1.29, 1.82) is 0 Å². The Balaban J connectivity index is 2.27. The summed E-state index contributed by atoms with van der Waals surface area (Å²) >= 11 is 5.84. The summed E-state index contributed by atoms with van der Waals surface area (Å²) in [7, 11) is 0. The van der Waals surface area contributed by atoms with Gasteiger partial charge in [0, 0.05) is 18.1 Å². The van der Waals surface area contributed by atoms with E-state index in [1.54, 1.807) is 6.92 Å². The number of halogens is 1. The van der Waals surface area contributed by atoms with Crippen molar-refractivity contribution in [3.8, 4) is 5.75 Å². The van der Waals surface area contributed by atoms with E-state index in [1.165, 1.54) is 0 Å². The van der Waals surface area contributed by atoms with Crippen LogP contribution in [-0.4, -0.2) is 30.9 Å². The van der Waals surface area contributed by atoms with Crippen LogP contribution in [0.4, 0.5) is 0 Å². The lowest BCUT2D eigenvalue weighted by molar-refractivity contribution is 0.188. The Hall–Kier alpha value is -0.770. The van der Waals surface area contributed by atoms with Crippen LogP contribution in [0.5, 0.6) is 5.75 Å². The quantitative estimate of drug-likeness (QED) is 0.751. The molecule has 1 aromatic rings. The second kappa shape index (κ2) is 6.74. The molecular weight excluding hydrogens is 226 g/mol. The van der Waals surface area contributed by atoms with Crippen molar-refractivity contribution < 1.29 is 9.84 Å². The van der Waals surface area contributed by atoms with Gasteiger partial charge in [0.25, 0.3) is 0 Å². The van der Waals surface area contributed by atoms with Gasteiger partial charge in [0.2, 0.25) is 0 Å². The average Bonchev–Trinajstić information content (AvgIpc) is 2.20. The summed E-state index contributed by atoms with van der Waals surface area (Å²) < 4.78 is 5.57. The highest BCUT2D eigenvalue weighted by Crippen LogP contribution is 2.21. The summed E-state index contributed by atoms with van der Waals surface area (Å²) in [4.78, 5) is 0. The second-order valence-electron chi connectivity index (χ2n) is 3.81. The normalized spacial score (nSPS) is 12.5. The number of ether oxygens (including phenoxy) is 1. The zero-order valence-corrected chi connectivity index (χ0v) is 10.4. The molecule has 0 bridgehead atoms. The third kappa shape index (κ3) is 4.84. The van der Waals surface area contributed by atoms with Crippen LogP contribution < -0.4 is 10.1 Å². The van der Waals surface area contributed by atoms with Gasteiger partial charge < -0.3 is 15.2 Å². The van der Waals surface area contributed by atoms with E-state index in [0.29, 0.717) is 19.7 Å². The Kier molecular flexibility index (Phi) is 5.60. The minimum atomic E-state index is -0.322. The van der Waals surface area contributed by atoms with E-state index in [4.69, 9.17) is 21.4 Å². The highest BCUT2D eigenvalue weighted by molar-refractivity contribution is 6.30. The Bertz CT molecular complexity index is 329.